The summed E-state index contributed by atoms with van der Waals surface area (Å²) < 4.78 is 0. The number of allylic oxidation sites excluding steroid dienone is 2. The molecule has 3 N–H and O–H groups in total. The van der Waals surface area contributed by atoms with Crippen molar-refractivity contribution in [3.8, 4) is 0 Å². The molecule has 30 heavy (non-hydrogen) atoms. The van der Waals surface area contributed by atoms with Gasteiger partial charge < -0.3 is 10.4 Å². The highest BCUT2D eigenvalue weighted by Gasteiger charge is 2.33. The van der Waals surface area contributed by atoms with Crippen LogP contribution in [0, 0.1) is 18.8 Å². The molecule has 1 heterocycles. The number of anilines is 2. The Bertz CT molecular complexity index is 958. The summed E-state index contributed by atoms with van der Waals surface area (Å²) in [5.41, 5.74) is 0.587. The fourth-order valence-electron chi connectivity index (χ4n) is 3.04. The van der Waals surface area contributed by atoms with Crippen molar-refractivity contribution in [3.63, 3.8) is 0 Å². The molecule has 0 fully saturated rings. The predicted octanol–water partition coefficient (Wildman–Crippen LogP) is 3.57. The highest BCUT2D eigenvalue weighted by atomic mass is 32.2. The smallest absolute Gasteiger partial charge is 0.307 e. The van der Waals surface area contributed by atoms with Crippen molar-refractivity contribution in [2.75, 3.05) is 10.6 Å². The zero-order valence-corrected chi connectivity index (χ0v) is 18.1. The van der Waals surface area contributed by atoms with E-state index in [1.54, 1.807) is 25.1 Å². The number of carboxylic acids is 1. The largest absolute Gasteiger partial charge is 0.481 e. The van der Waals surface area contributed by atoms with Gasteiger partial charge in [-0.1, -0.05) is 23.5 Å². The Hall–Kier alpha value is -2.72. The number of rotatable bonds is 7. The lowest BCUT2D eigenvalue weighted by molar-refractivity contribution is -0.146. The van der Waals surface area contributed by atoms with Crippen molar-refractivity contribution in [3.05, 3.63) is 41.4 Å². The van der Waals surface area contributed by atoms with Crippen LogP contribution in [0.3, 0.4) is 0 Å². The zero-order valence-electron chi connectivity index (χ0n) is 16.5. The highest BCUT2D eigenvalue weighted by Crippen LogP contribution is 2.29. The first kappa shape index (κ1) is 22.0. The number of carbonyl (C=O) groups is 3. The number of hydrogen-bond donors (Lipinski definition) is 3. The van der Waals surface area contributed by atoms with Crippen LogP contribution in [-0.2, 0) is 14.4 Å². The molecule has 3 atom stereocenters. The van der Waals surface area contributed by atoms with Crippen LogP contribution >= 0.6 is 23.1 Å². The Kier molecular flexibility index (Phi) is 7.22. The number of aryl methyl sites for hydroxylation is 1. The van der Waals surface area contributed by atoms with Gasteiger partial charge in [0.1, 0.15) is 5.01 Å². The fourth-order valence-corrected chi connectivity index (χ4v) is 4.50. The number of amides is 2. The van der Waals surface area contributed by atoms with Crippen LogP contribution in [0.5, 0.6) is 0 Å². The Morgan fingerprint density at radius 2 is 1.77 bits per heavy atom. The van der Waals surface area contributed by atoms with Gasteiger partial charge in [0.25, 0.3) is 0 Å². The highest BCUT2D eigenvalue weighted by molar-refractivity contribution is 8.00. The van der Waals surface area contributed by atoms with Gasteiger partial charge in [0.2, 0.25) is 16.9 Å². The van der Waals surface area contributed by atoms with Crippen molar-refractivity contribution in [2.45, 2.75) is 36.8 Å². The average molecular weight is 447 g/mol. The van der Waals surface area contributed by atoms with Crippen LogP contribution in [0.2, 0.25) is 0 Å². The number of nitrogens with zero attached hydrogens (tertiary/aromatic N) is 2. The van der Waals surface area contributed by atoms with Crippen molar-refractivity contribution >= 4 is 51.7 Å². The molecule has 10 heteroatoms. The minimum atomic E-state index is -0.956. The first-order chi connectivity index (χ1) is 14.3. The molecule has 158 valence electrons. The molecule has 8 nitrogen and oxygen atoms in total. The molecule has 2 amide bonds. The first-order valence-corrected chi connectivity index (χ1v) is 11.1. The lowest BCUT2D eigenvalue weighted by Gasteiger charge is -2.24. The van der Waals surface area contributed by atoms with Crippen LogP contribution in [0.4, 0.5) is 10.8 Å². The van der Waals surface area contributed by atoms with Gasteiger partial charge in [-0.2, -0.15) is 0 Å². The van der Waals surface area contributed by atoms with E-state index in [-0.39, 0.29) is 17.1 Å². The lowest BCUT2D eigenvalue weighted by Crippen LogP contribution is -2.34. The third-order valence-electron chi connectivity index (χ3n) is 4.65. The molecule has 1 aliphatic rings. The number of benzene rings is 1. The fraction of sp³-hybridized carbons (Fsp3) is 0.350. The van der Waals surface area contributed by atoms with E-state index in [1.165, 1.54) is 23.1 Å². The summed E-state index contributed by atoms with van der Waals surface area (Å²) in [6.45, 7) is 3.62. The molecule has 1 aliphatic carbocycles. The molecular formula is C20H22N4O4S2. The van der Waals surface area contributed by atoms with Crippen LogP contribution in [0.15, 0.2) is 41.3 Å². The number of nitrogens with one attached hydrogen (secondary N) is 2. The van der Waals surface area contributed by atoms with E-state index in [0.29, 0.717) is 23.7 Å². The SMILES string of the molecule is Cc1nnc(NC(=O)[C@H](C)Sc2ccc(NC(=O)[C@@H]3CC=CC[C@@H]3C(=O)O)cc2)s1. The third kappa shape index (κ3) is 5.67. The second kappa shape index (κ2) is 9.86. The second-order valence-electron chi connectivity index (χ2n) is 6.88. The maximum atomic E-state index is 12.5. The zero-order chi connectivity index (χ0) is 21.7. The van der Waals surface area contributed by atoms with E-state index in [4.69, 9.17) is 0 Å². The van der Waals surface area contributed by atoms with E-state index in [9.17, 15) is 19.5 Å². The van der Waals surface area contributed by atoms with Gasteiger partial charge in [-0.25, -0.2) is 0 Å². The van der Waals surface area contributed by atoms with Crippen molar-refractivity contribution < 1.29 is 19.5 Å². The van der Waals surface area contributed by atoms with E-state index in [2.05, 4.69) is 20.8 Å². The average Bonchev–Trinajstić information content (AvgIpc) is 3.13. The first-order valence-electron chi connectivity index (χ1n) is 9.40. The van der Waals surface area contributed by atoms with Crippen LogP contribution in [0.25, 0.3) is 0 Å². The van der Waals surface area contributed by atoms with E-state index < -0.39 is 17.8 Å². The summed E-state index contributed by atoms with van der Waals surface area (Å²) in [6.07, 6.45) is 4.42. The Labute approximate surface area is 182 Å². The second-order valence-corrected chi connectivity index (χ2v) is 9.48. The molecule has 0 bridgehead atoms. The van der Waals surface area contributed by atoms with Gasteiger partial charge >= 0.3 is 5.97 Å². The topological polar surface area (TPSA) is 121 Å². The summed E-state index contributed by atoms with van der Waals surface area (Å²) in [4.78, 5) is 37.1. The van der Waals surface area contributed by atoms with Gasteiger partial charge in [0.05, 0.1) is 17.1 Å². The van der Waals surface area contributed by atoms with Crippen molar-refractivity contribution in [2.24, 2.45) is 11.8 Å². The number of carbonyl (C=O) groups excluding carboxylic acids is 2. The Morgan fingerprint density at radius 3 is 2.37 bits per heavy atom. The molecule has 0 radical (unpaired) electrons. The van der Waals surface area contributed by atoms with Crippen molar-refractivity contribution in [1.82, 2.24) is 10.2 Å². The maximum Gasteiger partial charge on any atom is 0.307 e. The summed E-state index contributed by atoms with van der Waals surface area (Å²) in [6, 6.07) is 7.12. The molecule has 3 rings (SSSR count). The standard InChI is InChI=1S/C20H22N4O4S2/c1-11(17(25)22-20-24-23-12(2)30-20)29-14-9-7-13(8-10-14)21-18(26)15-5-3-4-6-16(15)19(27)28/h3-4,7-11,15-16H,5-6H2,1-2H3,(H,21,26)(H,27,28)(H,22,24,25)/t11-,15+,16-/m0/s1. The minimum Gasteiger partial charge on any atom is -0.481 e. The van der Waals surface area contributed by atoms with Crippen LogP contribution in [0.1, 0.15) is 24.8 Å². The number of carboxylic acid groups (broad SMARTS) is 1. The normalized spacial score (nSPS) is 19.1. The number of hydrogen-bond acceptors (Lipinski definition) is 7. The summed E-state index contributed by atoms with van der Waals surface area (Å²) in [5, 5.41) is 23.5. The predicted molar refractivity (Wildman–Crippen MR) is 117 cm³/mol. The van der Waals surface area contributed by atoms with Crippen molar-refractivity contribution in [1.29, 1.82) is 0 Å². The van der Waals surface area contributed by atoms with Crippen LogP contribution in [-0.4, -0.2) is 38.3 Å². The molecule has 0 unspecified atom stereocenters. The van der Waals surface area contributed by atoms with Gasteiger partial charge in [-0.3, -0.25) is 19.7 Å². The number of aliphatic carboxylic acids is 1. The van der Waals surface area contributed by atoms with Gasteiger partial charge in [-0.05, 0) is 51.0 Å². The third-order valence-corrected chi connectivity index (χ3v) is 6.51. The monoisotopic (exact) mass is 446 g/mol. The lowest BCUT2D eigenvalue weighted by atomic mass is 9.82. The van der Waals surface area contributed by atoms with E-state index >= 15 is 0 Å². The number of aromatic nitrogens is 2. The molecule has 0 aliphatic heterocycles. The molecule has 1 aromatic carbocycles. The molecular weight excluding hydrogens is 424 g/mol. The molecule has 1 aromatic heterocycles. The van der Waals surface area contributed by atoms with E-state index in [1.807, 2.05) is 25.1 Å². The van der Waals surface area contributed by atoms with Gasteiger partial charge in [0, 0.05) is 10.6 Å². The van der Waals surface area contributed by atoms with Crippen LogP contribution < -0.4 is 10.6 Å². The Morgan fingerprint density at radius 1 is 1.10 bits per heavy atom. The molecule has 0 saturated heterocycles. The quantitative estimate of drug-likeness (QED) is 0.439. The molecule has 0 saturated carbocycles. The summed E-state index contributed by atoms with van der Waals surface area (Å²) in [5.74, 6) is -2.72. The number of thioether (sulfide) groups is 1. The Balaban J connectivity index is 1.55. The maximum absolute atomic E-state index is 12.5. The minimum absolute atomic E-state index is 0.168. The van der Waals surface area contributed by atoms with E-state index in [0.717, 1.165) is 9.90 Å². The molecule has 0 spiro atoms. The van der Waals surface area contributed by atoms with Gasteiger partial charge in [0.15, 0.2) is 0 Å². The summed E-state index contributed by atoms with van der Waals surface area (Å²) in [7, 11) is 0. The summed E-state index contributed by atoms with van der Waals surface area (Å²) >= 11 is 2.70. The van der Waals surface area contributed by atoms with Gasteiger partial charge in [-0.15, -0.1) is 22.0 Å². The molecule has 2 aromatic rings.